The lowest BCUT2D eigenvalue weighted by molar-refractivity contribution is 0.0414. The van der Waals surface area contributed by atoms with Gasteiger partial charge in [-0.15, -0.1) is 0 Å². The summed E-state index contributed by atoms with van der Waals surface area (Å²) in [4.78, 5) is 0. The molecule has 2 heteroatoms. The summed E-state index contributed by atoms with van der Waals surface area (Å²) in [5.41, 5.74) is 0.387. The zero-order valence-corrected chi connectivity index (χ0v) is 6.99. The first-order valence-electron chi connectivity index (χ1n) is 3.58. The second-order valence-corrected chi connectivity index (χ2v) is 3.76. The summed E-state index contributed by atoms with van der Waals surface area (Å²) in [5.74, 6) is 0. The van der Waals surface area contributed by atoms with Gasteiger partial charge in [0, 0.05) is 5.33 Å². The lowest BCUT2D eigenvalue weighted by Crippen LogP contribution is -2.11. The highest BCUT2D eigenvalue weighted by molar-refractivity contribution is 9.09. The zero-order chi connectivity index (χ0) is 6.32. The molecule has 1 aliphatic carbocycles. The molecule has 2 aliphatic rings. The van der Waals surface area contributed by atoms with E-state index in [9.17, 15) is 0 Å². The highest BCUT2D eigenvalue weighted by atomic mass is 79.9. The molecule has 0 N–H and O–H groups in total. The molecule has 0 bridgehead atoms. The fraction of sp³-hybridized carbons (Fsp3) is 1.00. The minimum Gasteiger partial charge on any atom is -0.371 e. The summed E-state index contributed by atoms with van der Waals surface area (Å²) in [6.45, 7) is 0. The van der Waals surface area contributed by atoms with Gasteiger partial charge in [0.25, 0.3) is 0 Å². The molecular weight excluding hydrogens is 180 g/mol. The molecule has 0 radical (unpaired) electrons. The lowest BCUT2D eigenvalue weighted by atomic mass is 10.2. The molecule has 1 aliphatic heterocycles. The van der Waals surface area contributed by atoms with E-state index in [1.54, 1.807) is 0 Å². The molecule has 2 fully saturated rings. The van der Waals surface area contributed by atoms with Crippen molar-refractivity contribution in [2.45, 2.75) is 37.4 Å². The number of ether oxygens (including phenoxy) is 1. The van der Waals surface area contributed by atoms with Gasteiger partial charge in [0.2, 0.25) is 0 Å². The minimum absolute atomic E-state index is 0.387. The average Bonchev–Trinajstić information content (AvgIpc) is 2.44. The van der Waals surface area contributed by atoms with Crippen molar-refractivity contribution in [3.05, 3.63) is 0 Å². The van der Waals surface area contributed by atoms with Gasteiger partial charge >= 0.3 is 0 Å². The molecule has 1 nitrogen and oxygen atoms in total. The fourth-order valence-corrected chi connectivity index (χ4v) is 1.97. The molecule has 0 aromatic heterocycles. The van der Waals surface area contributed by atoms with Crippen LogP contribution in [0.2, 0.25) is 0 Å². The van der Waals surface area contributed by atoms with Crippen molar-refractivity contribution in [1.82, 2.24) is 0 Å². The molecule has 1 saturated heterocycles. The van der Waals surface area contributed by atoms with Gasteiger partial charge in [-0.1, -0.05) is 15.9 Å². The first-order valence-corrected chi connectivity index (χ1v) is 4.71. The van der Waals surface area contributed by atoms with E-state index in [0.717, 1.165) is 5.33 Å². The third-order valence-electron chi connectivity index (χ3n) is 2.32. The van der Waals surface area contributed by atoms with Crippen LogP contribution in [0.5, 0.6) is 0 Å². The summed E-state index contributed by atoms with van der Waals surface area (Å²) in [7, 11) is 0. The van der Waals surface area contributed by atoms with E-state index < -0.39 is 0 Å². The van der Waals surface area contributed by atoms with Crippen LogP contribution in [0.3, 0.4) is 0 Å². The highest BCUT2D eigenvalue weighted by Gasteiger charge is 2.49. The van der Waals surface area contributed by atoms with Gasteiger partial charge in [-0.05, 0) is 25.7 Å². The quantitative estimate of drug-likeness (QED) is 0.576. The van der Waals surface area contributed by atoms with Crippen LogP contribution in [0.4, 0.5) is 0 Å². The predicted molar refractivity (Wildman–Crippen MR) is 39.9 cm³/mol. The maximum Gasteiger partial charge on any atom is 0.0689 e. The van der Waals surface area contributed by atoms with E-state index >= 15 is 0 Å². The first-order chi connectivity index (χ1) is 4.35. The van der Waals surface area contributed by atoms with Crippen LogP contribution in [0, 0.1) is 0 Å². The normalized spacial score (nSPS) is 37.7. The van der Waals surface area contributed by atoms with Crippen molar-refractivity contribution in [2.24, 2.45) is 0 Å². The minimum atomic E-state index is 0.387. The number of hydrogen-bond donors (Lipinski definition) is 0. The Hall–Kier alpha value is 0.440. The van der Waals surface area contributed by atoms with Crippen molar-refractivity contribution in [2.75, 3.05) is 5.33 Å². The van der Waals surface area contributed by atoms with E-state index in [0.29, 0.717) is 11.7 Å². The van der Waals surface area contributed by atoms with Gasteiger partial charge in [0.1, 0.15) is 0 Å². The summed E-state index contributed by atoms with van der Waals surface area (Å²) in [6, 6.07) is 0. The summed E-state index contributed by atoms with van der Waals surface area (Å²) >= 11 is 3.43. The molecule has 1 heterocycles. The first kappa shape index (κ1) is 6.17. The summed E-state index contributed by atoms with van der Waals surface area (Å²) < 4.78 is 5.76. The SMILES string of the molecule is BrCC1CCC2(CC2)O1. The molecule has 0 aromatic rings. The van der Waals surface area contributed by atoms with Gasteiger partial charge in [-0.25, -0.2) is 0 Å². The fourth-order valence-electron chi connectivity index (χ4n) is 1.51. The van der Waals surface area contributed by atoms with Crippen molar-refractivity contribution < 1.29 is 4.74 Å². The Balaban J connectivity index is 1.93. The smallest absolute Gasteiger partial charge is 0.0689 e. The Kier molecular flexibility index (Phi) is 1.34. The second kappa shape index (κ2) is 1.96. The summed E-state index contributed by atoms with van der Waals surface area (Å²) in [6.07, 6.45) is 5.73. The third kappa shape index (κ3) is 1.03. The van der Waals surface area contributed by atoms with Gasteiger partial charge in [0.15, 0.2) is 0 Å². The van der Waals surface area contributed by atoms with Crippen molar-refractivity contribution in [3.8, 4) is 0 Å². The molecule has 2 rings (SSSR count). The Bertz CT molecular complexity index is 120. The van der Waals surface area contributed by atoms with Gasteiger partial charge in [-0.2, -0.15) is 0 Å². The number of halogens is 1. The van der Waals surface area contributed by atoms with Crippen LogP contribution in [0.15, 0.2) is 0 Å². The molecule has 52 valence electrons. The Morgan fingerprint density at radius 3 is 2.56 bits per heavy atom. The average molecular weight is 191 g/mol. The monoisotopic (exact) mass is 190 g/mol. The zero-order valence-electron chi connectivity index (χ0n) is 5.40. The number of rotatable bonds is 1. The highest BCUT2D eigenvalue weighted by Crippen LogP contribution is 2.49. The van der Waals surface area contributed by atoms with E-state index in [1.165, 1.54) is 25.7 Å². The molecule has 9 heavy (non-hydrogen) atoms. The van der Waals surface area contributed by atoms with Gasteiger partial charge < -0.3 is 4.74 Å². The largest absolute Gasteiger partial charge is 0.371 e. The summed E-state index contributed by atoms with van der Waals surface area (Å²) in [5, 5.41) is 1.02. The van der Waals surface area contributed by atoms with E-state index in [1.807, 2.05) is 0 Å². The maximum absolute atomic E-state index is 5.76. The molecular formula is C7H11BrO. The van der Waals surface area contributed by atoms with E-state index in [-0.39, 0.29) is 0 Å². The number of hydrogen-bond acceptors (Lipinski definition) is 1. The van der Waals surface area contributed by atoms with E-state index in [2.05, 4.69) is 15.9 Å². The van der Waals surface area contributed by atoms with Crippen LogP contribution in [-0.4, -0.2) is 17.0 Å². The third-order valence-corrected chi connectivity index (χ3v) is 3.04. The molecule has 1 spiro atoms. The molecule has 1 atom stereocenters. The van der Waals surface area contributed by atoms with Crippen LogP contribution in [-0.2, 0) is 4.74 Å². The van der Waals surface area contributed by atoms with Crippen LogP contribution in [0.1, 0.15) is 25.7 Å². The molecule has 0 amide bonds. The molecule has 1 saturated carbocycles. The Labute approximate surface area is 63.9 Å². The maximum atomic E-state index is 5.76. The topological polar surface area (TPSA) is 9.23 Å². The van der Waals surface area contributed by atoms with Crippen LogP contribution in [0.25, 0.3) is 0 Å². The van der Waals surface area contributed by atoms with Gasteiger partial charge in [0.05, 0.1) is 11.7 Å². The molecule has 0 aromatic carbocycles. The van der Waals surface area contributed by atoms with Crippen LogP contribution < -0.4 is 0 Å². The predicted octanol–water partition coefficient (Wildman–Crippen LogP) is 2.09. The van der Waals surface area contributed by atoms with Gasteiger partial charge in [-0.3, -0.25) is 0 Å². The molecule has 1 unspecified atom stereocenters. The van der Waals surface area contributed by atoms with Crippen LogP contribution >= 0.6 is 15.9 Å². The Morgan fingerprint density at radius 1 is 1.44 bits per heavy atom. The Morgan fingerprint density at radius 2 is 2.22 bits per heavy atom. The van der Waals surface area contributed by atoms with Crippen molar-refractivity contribution in [1.29, 1.82) is 0 Å². The standard InChI is InChI=1S/C7H11BrO/c8-5-6-1-2-7(9-6)3-4-7/h6H,1-5H2. The second-order valence-electron chi connectivity index (χ2n) is 3.12. The van der Waals surface area contributed by atoms with Crippen molar-refractivity contribution >= 4 is 15.9 Å². The van der Waals surface area contributed by atoms with Crippen molar-refractivity contribution in [3.63, 3.8) is 0 Å². The lowest BCUT2D eigenvalue weighted by Gasteiger charge is -2.07. The number of alkyl halides is 1. The van der Waals surface area contributed by atoms with E-state index in [4.69, 9.17) is 4.74 Å².